The van der Waals surface area contributed by atoms with Crippen molar-refractivity contribution in [3.05, 3.63) is 29.6 Å². The van der Waals surface area contributed by atoms with E-state index in [-0.39, 0.29) is 4.90 Å². The largest absolute Gasteiger partial charge is 0.317 e. The van der Waals surface area contributed by atoms with E-state index in [1.807, 2.05) is 0 Å². The highest BCUT2D eigenvalue weighted by molar-refractivity contribution is 7.89. The number of halogens is 1. The van der Waals surface area contributed by atoms with Crippen molar-refractivity contribution in [2.45, 2.75) is 31.1 Å². The average molecular weight is 300 g/mol. The van der Waals surface area contributed by atoms with E-state index >= 15 is 0 Å². The summed E-state index contributed by atoms with van der Waals surface area (Å²) >= 11 is 0. The molecule has 1 heterocycles. The van der Waals surface area contributed by atoms with Gasteiger partial charge in [0.25, 0.3) is 0 Å². The normalized spacial score (nSPS) is 17.3. The summed E-state index contributed by atoms with van der Waals surface area (Å²) in [6.07, 6.45) is 3.04. The van der Waals surface area contributed by atoms with Gasteiger partial charge in [0.1, 0.15) is 5.82 Å². The van der Waals surface area contributed by atoms with Crippen LogP contribution in [0.1, 0.15) is 24.8 Å². The fourth-order valence-electron chi connectivity index (χ4n) is 2.56. The molecule has 0 aromatic heterocycles. The topological polar surface area (TPSA) is 58.2 Å². The summed E-state index contributed by atoms with van der Waals surface area (Å²) in [5.74, 6) is 0.157. The molecule has 1 aromatic rings. The molecule has 2 N–H and O–H groups in total. The van der Waals surface area contributed by atoms with Crippen molar-refractivity contribution in [2.75, 3.05) is 19.6 Å². The van der Waals surface area contributed by atoms with Gasteiger partial charge in [0, 0.05) is 6.54 Å². The van der Waals surface area contributed by atoms with Crippen LogP contribution in [0, 0.1) is 18.7 Å². The van der Waals surface area contributed by atoms with Gasteiger partial charge in [-0.2, -0.15) is 0 Å². The Balaban J connectivity index is 1.93. The molecule has 2 rings (SSSR count). The maximum atomic E-state index is 13.0. The van der Waals surface area contributed by atoms with Gasteiger partial charge in [-0.05, 0) is 69.0 Å². The Morgan fingerprint density at radius 1 is 1.35 bits per heavy atom. The summed E-state index contributed by atoms with van der Waals surface area (Å²) in [5.41, 5.74) is 0.430. The van der Waals surface area contributed by atoms with Gasteiger partial charge in [0.2, 0.25) is 10.0 Å². The van der Waals surface area contributed by atoms with Crippen LogP contribution in [0.4, 0.5) is 4.39 Å². The smallest absolute Gasteiger partial charge is 0.240 e. The van der Waals surface area contributed by atoms with Gasteiger partial charge in [-0.3, -0.25) is 0 Å². The van der Waals surface area contributed by atoms with Gasteiger partial charge < -0.3 is 5.32 Å². The molecule has 20 heavy (non-hydrogen) atoms. The van der Waals surface area contributed by atoms with Crippen molar-refractivity contribution in [2.24, 2.45) is 5.92 Å². The van der Waals surface area contributed by atoms with E-state index in [9.17, 15) is 12.8 Å². The van der Waals surface area contributed by atoms with E-state index in [4.69, 9.17) is 0 Å². The first kappa shape index (κ1) is 15.4. The highest BCUT2D eigenvalue weighted by Crippen LogP contribution is 2.18. The van der Waals surface area contributed by atoms with Crippen LogP contribution in [-0.4, -0.2) is 28.1 Å². The van der Waals surface area contributed by atoms with Crippen LogP contribution in [0.15, 0.2) is 23.1 Å². The van der Waals surface area contributed by atoms with Crippen LogP contribution >= 0.6 is 0 Å². The first-order valence-electron chi connectivity index (χ1n) is 6.95. The molecule has 0 radical (unpaired) electrons. The Bertz CT molecular complexity index is 554. The number of aryl methyl sites for hydroxylation is 1. The van der Waals surface area contributed by atoms with Gasteiger partial charge >= 0.3 is 0 Å². The van der Waals surface area contributed by atoms with Crippen molar-refractivity contribution < 1.29 is 12.8 Å². The van der Waals surface area contributed by atoms with Crippen LogP contribution in [0.3, 0.4) is 0 Å². The summed E-state index contributed by atoms with van der Waals surface area (Å²) in [6, 6.07) is 3.73. The molecule has 0 unspecified atom stereocenters. The van der Waals surface area contributed by atoms with E-state index in [0.717, 1.165) is 32.4 Å². The molecule has 1 aromatic carbocycles. The van der Waals surface area contributed by atoms with Gasteiger partial charge in [0.05, 0.1) is 4.90 Å². The Hall–Kier alpha value is -0.980. The van der Waals surface area contributed by atoms with Gasteiger partial charge in [0.15, 0.2) is 0 Å². The minimum absolute atomic E-state index is 0.157. The molecule has 0 saturated carbocycles. The van der Waals surface area contributed by atoms with E-state index in [1.54, 1.807) is 6.92 Å². The monoisotopic (exact) mass is 300 g/mol. The predicted octanol–water partition coefficient (Wildman–Crippen LogP) is 1.80. The third-order valence-corrected chi connectivity index (χ3v) is 5.35. The van der Waals surface area contributed by atoms with Crippen molar-refractivity contribution in [1.29, 1.82) is 0 Å². The zero-order valence-corrected chi connectivity index (χ0v) is 12.5. The van der Waals surface area contributed by atoms with Gasteiger partial charge in [-0.1, -0.05) is 0 Å². The zero-order valence-electron chi connectivity index (χ0n) is 11.7. The summed E-state index contributed by atoms with van der Waals surface area (Å²) in [6.45, 7) is 4.05. The summed E-state index contributed by atoms with van der Waals surface area (Å²) in [7, 11) is -3.54. The van der Waals surface area contributed by atoms with Crippen molar-refractivity contribution in [3.8, 4) is 0 Å². The molecule has 1 aliphatic rings. The summed E-state index contributed by atoms with van der Waals surface area (Å²) in [4.78, 5) is 0.157. The van der Waals surface area contributed by atoms with Crippen LogP contribution in [0.25, 0.3) is 0 Å². The number of benzene rings is 1. The molecule has 0 amide bonds. The Morgan fingerprint density at radius 3 is 2.70 bits per heavy atom. The lowest BCUT2D eigenvalue weighted by molar-refractivity contribution is 0.354. The van der Waals surface area contributed by atoms with Gasteiger partial charge in [-0.25, -0.2) is 17.5 Å². The highest BCUT2D eigenvalue weighted by Gasteiger charge is 2.18. The molecular weight excluding hydrogens is 279 g/mol. The van der Waals surface area contributed by atoms with E-state index in [0.29, 0.717) is 18.0 Å². The quantitative estimate of drug-likeness (QED) is 0.872. The highest BCUT2D eigenvalue weighted by atomic mass is 32.2. The maximum Gasteiger partial charge on any atom is 0.240 e. The molecule has 0 atom stereocenters. The van der Waals surface area contributed by atoms with Crippen LogP contribution in [-0.2, 0) is 10.0 Å². The lowest BCUT2D eigenvalue weighted by Gasteiger charge is -2.22. The summed E-state index contributed by atoms with van der Waals surface area (Å²) in [5, 5.41) is 3.29. The fraction of sp³-hybridized carbons (Fsp3) is 0.571. The standard InChI is InChI=1S/C14H21FN2O2S/c1-11-10-13(15)2-3-14(11)20(18,19)17-9-6-12-4-7-16-8-5-12/h2-3,10,12,16-17H,4-9H2,1H3. The van der Waals surface area contributed by atoms with Gasteiger partial charge in [-0.15, -0.1) is 0 Å². The molecule has 0 bridgehead atoms. The number of hydrogen-bond donors (Lipinski definition) is 2. The van der Waals surface area contributed by atoms with Crippen molar-refractivity contribution in [1.82, 2.24) is 10.0 Å². The van der Waals surface area contributed by atoms with Crippen molar-refractivity contribution >= 4 is 10.0 Å². The first-order chi connectivity index (χ1) is 9.49. The second-order valence-corrected chi connectivity index (χ2v) is 7.03. The van der Waals surface area contributed by atoms with E-state index < -0.39 is 15.8 Å². The van der Waals surface area contributed by atoms with Crippen molar-refractivity contribution in [3.63, 3.8) is 0 Å². The number of sulfonamides is 1. The molecule has 112 valence electrons. The Labute approximate surface area is 119 Å². The average Bonchev–Trinajstić information content (AvgIpc) is 2.39. The van der Waals surface area contributed by atoms with Crippen LogP contribution < -0.4 is 10.0 Å². The minimum Gasteiger partial charge on any atom is -0.317 e. The molecule has 1 aliphatic heterocycles. The SMILES string of the molecule is Cc1cc(F)ccc1S(=O)(=O)NCCC1CCNCC1. The third-order valence-electron chi connectivity index (χ3n) is 3.73. The number of rotatable bonds is 5. The first-order valence-corrected chi connectivity index (χ1v) is 8.44. The number of piperidine rings is 1. The Morgan fingerprint density at radius 2 is 2.05 bits per heavy atom. The second kappa shape index (κ2) is 6.65. The zero-order chi connectivity index (χ0) is 14.6. The summed E-state index contributed by atoms with van der Waals surface area (Å²) < 4.78 is 39.9. The van der Waals surface area contributed by atoms with Crippen LogP contribution in [0.2, 0.25) is 0 Å². The molecule has 4 nitrogen and oxygen atoms in total. The number of hydrogen-bond acceptors (Lipinski definition) is 3. The number of nitrogens with one attached hydrogen (secondary N) is 2. The molecule has 0 spiro atoms. The molecular formula is C14H21FN2O2S. The minimum atomic E-state index is -3.54. The molecule has 0 aliphatic carbocycles. The second-order valence-electron chi connectivity index (χ2n) is 5.29. The van der Waals surface area contributed by atoms with E-state index in [2.05, 4.69) is 10.0 Å². The molecule has 6 heteroatoms. The maximum absolute atomic E-state index is 13.0. The molecule has 1 saturated heterocycles. The predicted molar refractivity (Wildman–Crippen MR) is 76.5 cm³/mol. The lowest BCUT2D eigenvalue weighted by atomic mass is 9.95. The Kier molecular flexibility index (Phi) is 5.12. The van der Waals surface area contributed by atoms with Crippen LogP contribution in [0.5, 0.6) is 0 Å². The fourth-order valence-corrected chi connectivity index (χ4v) is 3.83. The molecule has 1 fully saturated rings. The third kappa shape index (κ3) is 4.01. The van der Waals surface area contributed by atoms with E-state index in [1.165, 1.54) is 18.2 Å². The lowest BCUT2D eigenvalue weighted by Crippen LogP contribution is -2.31.